The van der Waals surface area contributed by atoms with Crippen LogP contribution in [0.4, 0.5) is 10.5 Å². The number of carbonyl (C=O) groups excluding carboxylic acids is 3. The van der Waals surface area contributed by atoms with Crippen LogP contribution >= 0.6 is 23.2 Å². The van der Waals surface area contributed by atoms with E-state index in [0.717, 1.165) is 39.1 Å². The minimum absolute atomic E-state index is 0.0403. The lowest BCUT2D eigenvalue weighted by atomic mass is 9.92. The molecule has 2 aromatic carbocycles. The first-order chi connectivity index (χ1) is 28.4. The molecule has 4 aromatic rings. The second kappa shape index (κ2) is 21.7. The molecule has 0 atom stereocenters. The first kappa shape index (κ1) is 52.9. The normalized spacial score (nSPS) is 11.4. The summed E-state index contributed by atoms with van der Waals surface area (Å²) in [6.45, 7) is 16.0. The van der Waals surface area contributed by atoms with Crippen LogP contribution in [0.3, 0.4) is 0 Å². The van der Waals surface area contributed by atoms with Crippen LogP contribution in [0.25, 0.3) is 0 Å². The summed E-state index contributed by atoms with van der Waals surface area (Å²) in [5.74, 6) is 0.554. The molecule has 4 amide bonds. The molecule has 0 spiro atoms. The lowest BCUT2D eigenvalue weighted by Crippen LogP contribution is -2.35. The highest BCUT2D eigenvalue weighted by molar-refractivity contribution is 7.90. The van der Waals surface area contributed by atoms with Crippen LogP contribution in [0.5, 0.6) is 5.75 Å². The molecule has 340 valence electrons. The minimum Gasteiger partial charge on any atom is -0.387 e. The van der Waals surface area contributed by atoms with Crippen molar-refractivity contribution in [2.45, 2.75) is 89.1 Å². The van der Waals surface area contributed by atoms with Gasteiger partial charge < -0.3 is 19.9 Å². The third-order valence-electron chi connectivity index (χ3n) is 8.91. The van der Waals surface area contributed by atoms with Crippen LogP contribution in [0, 0.1) is 11.5 Å². The summed E-state index contributed by atoms with van der Waals surface area (Å²) in [5.41, 5.74) is 4.32. The number of ether oxygens (including phenoxy) is 1. The van der Waals surface area contributed by atoms with Crippen LogP contribution in [-0.2, 0) is 34.1 Å². The van der Waals surface area contributed by atoms with Crippen molar-refractivity contribution in [3.05, 3.63) is 80.1 Å². The molecule has 0 aliphatic rings. The Labute approximate surface area is 374 Å². The third kappa shape index (κ3) is 13.9. The van der Waals surface area contributed by atoms with Gasteiger partial charge in [-0.2, -0.15) is 18.6 Å². The van der Waals surface area contributed by atoms with Gasteiger partial charge in [0.15, 0.2) is 10.1 Å². The fourth-order valence-corrected chi connectivity index (χ4v) is 7.57. The summed E-state index contributed by atoms with van der Waals surface area (Å²) >= 11 is 12.3. The number of aryl methyl sites for hydroxylation is 2. The lowest BCUT2D eigenvalue weighted by molar-refractivity contribution is 0.0809. The number of nitrogens with zero attached hydrogens (tertiary/aromatic N) is 7. The molecule has 0 fully saturated rings. The van der Waals surface area contributed by atoms with Crippen LogP contribution < -0.4 is 19.9 Å². The predicted octanol–water partition coefficient (Wildman–Crippen LogP) is 6.75. The first-order valence-corrected chi connectivity index (χ1v) is 22.8. The van der Waals surface area contributed by atoms with Gasteiger partial charge in [-0.25, -0.2) is 23.1 Å². The van der Waals surface area contributed by atoms with Crippen molar-refractivity contribution >= 4 is 66.8 Å². The van der Waals surface area contributed by atoms with Crippen molar-refractivity contribution in [1.82, 2.24) is 34.1 Å². The van der Waals surface area contributed by atoms with Crippen LogP contribution in [0.15, 0.2) is 46.5 Å². The van der Waals surface area contributed by atoms with Gasteiger partial charge in [0.1, 0.15) is 17.1 Å². The van der Waals surface area contributed by atoms with E-state index in [0.29, 0.717) is 21.5 Å². The maximum atomic E-state index is 12.7. The number of halogens is 2. The fraction of sp³-hybridized carbons (Fsp3) is 0.450. The largest absolute Gasteiger partial charge is 0.387 e. The molecule has 4 N–H and O–H groups in total. The van der Waals surface area contributed by atoms with E-state index in [2.05, 4.69) is 43.2 Å². The summed E-state index contributed by atoms with van der Waals surface area (Å²) in [4.78, 5) is 38.9. The van der Waals surface area contributed by atoms with Crippen molar-refractivity contribution in [2.75, 3.05) is 33.5 Å². The Bertz CT molecular complexity index is 2480. The Morgan fingerprint density at radius 3 is 1.37 bits per heavy atom. The van der Waals surface area contributed by atoms with Gasteiger partial charge in [-0.05, 0) is 59.1 Å². The van der Waals surface area contributed by atoms with Crippen LogP contribution in [0.1, 0.15) is 122 Å². The van der Waals surface area contributed by atoms with E-state index in [1.54, 1.807) is 46.6 Å². The monoisotopic (exact) mass is 938 g/mol. The smallest absolute Gasteiger partial charge is 0.333 e. The van der Waals surface area contributed by atoms with Gasteiger partial charge in [-0.3, -0.25) is 19.0 Å². The van der Waals surface area contributed by atoms with Gasteiger partial charge in [0.2, 0.25) is 0 Å². The lowest BCUT2D eigenvalue weighted by Gasteiger charge is -2.21. The molecule has 62 heavy (non-hydrogen) atoms. The van der Waals surface area contributed by atoms with Gasteiger partial charge in [0.25, 0.3) is 38.1 Å². The molecular formula is C40H56Cl2N10O8S2. The highest BCUT2D eigenvalue weighted by Crippen LogP contribution is 2.38. The predicted molar refractivity (Wildman–Crippen MR) is 239 cm³/mol. The van der Waals surface area contributed by atoms with Crippen molar-refractivity contribution < 1.29 is 36.0 Å². The summed E-state index contributed by atoms with van der Waals surface area (Å²) in [7, 11) is 0.963. The van der Waals surface area contributed by atoms with Gasteiger partial charge >= 0.3 is 6.03 Å². The van der Waals surface area contributed by atoms with E-state index < -0.39 is 37.0 Å². The van der Waals surface area contributed by atoms with Crippen molar-refractivity contribution in [1.29, 1.82) is 5.26 Å². The number of hydrogen-bond donors (Lipinski definition) is 3. The Hall–Kier alpha value is -5.20. The Morgan fingerprint density at radius 1 is 0.694 bits per heavy atom. The fourth-order valence-electron chi connectivity index (χ4n) is 5.69. The molecule has 22 heteroatoms. The SMILES string of the molecule is CC(C)c1cc(Cl)cc(C(C)C)c1NC(=O)NS(=O)(=O)c1cc(C(=O)N(C)C)n(C)n1.CC(C)c1cc(Cl)cc(C(C)C)c1OC#N.CN(C)C(=O)c1cc(S(N)(=O)=O)nn1C. The number of urea groups is 1. The number of primary sulfonamides is 1. The number of nitrogens with one attached hydrogen (secondary N) is 2. The molecule has 0 radical (unpaired) electrons. The number of carbonyl (C=O) groups is 3. The second-order valence-corrected chi connectivity index (χ2v) is 19.7. The number of sulfonamides is 2. The summed E-state index contributed by atoms with van der Waals surface area (Å²) in [5, 5.41) is 24.2. The quantitative estimate of drug-likeness (QED) is 0.133. The highest BCUT2D eigenvalue weighted by atomic mass is 35.5. The van der Waals surface area contributed by atoms with E-state index in [4.69, 9.17) is 38.3 Å². The number of rotatable bonds is 11. The summed E-state index contributed by atoms with van der Waals surface area (Å²) < 4.78 is 56.7. The molecule has 0 unspecified atom stereocenters. The zero-order chi connectivity index (χ0) is 47.8. The average molecular weight is 940 g/mol. The summed E-state index contributed by atoms with van der Waals surface area (Å²) in [6, 6.07) is 8.57. The Balaban J connectivity index is 0.000000357. The summed E-state index contributed by atoms with van der Waals surface area (Å²) in [6.07, 6.45) is 1.75. The molecule has 0 aliphatic carbocycles. The highest BCUT2D eigenvalue weighted by Gasteiger charge is 2.27. The molecular weight excluding hydrogens is 884 g/mol. The topological polar surface area (TPSA) is 245 Å². The van der Waals surface area contributed by atoms with E-state index in [1.807, 2.05) is 44.5 Å². The maximum absolute atomic E-state index is 12.7. The molecule has 0 bridgehead atoms. The van der Waals surface area contributed by atoms with Crippen molar-refractivity contribution in [3.8, 4) is 12.0 Å². The third-order valence-corrected chi connectivity index (χ3v) is 11.3. The molecule has 0 saturated heterocycles. The standard InChI is InChI=1S/C20H28ClN5O4S.C13H16ClNO.C7H12N4O3S/c1-11(2)14-8-13(21)9-15(12(3)4)18(14)22-20(28)24-31(29,30)17-10-16(26(7)23-17)19(27)25(5)6;1-8(2)11-5-10(14)6-12(9(3)4)13(11)16-7-15;1-10(2)7(12)5-4-6(9-11(5)3)15(8,13)14/h8-12H,1-7H3,(H2,22,24,28);5-6,8-9H,1-4H3;4H,1-3H3,(H2,8,13,14). The van der Waals surface area contributed by atoms with Crippen LogP contribution in [-0.4, -0.2) is 92.2 Å². The van der Waals surface area contributed by atoms with Gasteiger partial charge in [-0.15, -0.1) is 5.26 Å². The van der Waals surface area contributed by atoms with Crippen LogP contribution in [0.2, 0.25) is 10.0 Å². The zero-order valence-corrected chi connectivity index (χ0v) is 40.5. The van der Waals surface area contributed by atoms with Crippen molar-refractivity contribution in [2.24, 2.45) is 19.2 Å². The Morgan fingerprint density at radius 2 is 1.05 bits per heavy atom. The average Bonchev–Trinajstić information content (AvgIpc) is 3.75. The second-order valence-electron chi connectivity index (χ2n) is 15.7. The molecule has 4 rings (SSSR count). The molecule has 2 aromatic heterocycles. The number of anilines is 1. The van der Waals surface area contributed by atoms with Crippen molar-refractivity contribution in [3.63, 3.8) is 0 Å². The van der Waals surface area contributed by atoms with Gasteiger partial charge in [0.05, 0.1) is 0 Å². The van der Waals surface area contributed by atoms with Gasteiger partial charge in [-0.1, -0.05) is 78.6 Å². The number of benzene rings is 2. The van der Waals surface area contributed by atoms with E-state index in [9.17, 15) is 31.2 Å². The zero-order valence-electron chi connectivity index (χ0n) is 37.3. The molecule has 18 nitrogen and oxygen atoms in total. The molecule has 2 heterocycles. The van der Waals surface area contributed by atoms with E-state index in [1.165, 1.54) is 28.6 Å². The minimum atomic E-state index is -4.31. The number of nitriles is 1. The van der Waals surface area contributed by atoms with Gasteiger partial charge in [0, 0.05) is 81.3 Å². The first-order valence-electron chi connectivity index (χ1n) is 19.0. The number of aromatic nitrogens is 4. The number of hydrogen-bond acceptors (Lipinski definition) is 11. The molecule has 0 saturated carbocycles. The van der Waals surface area contributed by atoms with E-state index >= 15 is 0 Å². The number of amides is 4. The van der Waals surface area contributed by atoms with E-state index in [-0.39, 0.29) is 46.0 Å². The Kier molecular flexibility index (Phi) is 18.6. The maximum Gasteiger partial charge on any atom is 0.333 e. The number of nitrogens with two attached hydrogens (primary N) is 1. The molecule has 0 aliphatic heterocycles.